The number of rotatable bonds is 1. The number of anilines is 2. The van der Waals surface area contributed by atoms with E-state index in [0.717, 1.165) is 35.3 Å². The number of hydrogen-bond acceptors (Lipinski definition) is 2. The summed E-state index contributed by atoms with van der Waals surface area (Å²) >= 11 is 11.8. The van der Waals surface area contributed by atoms with Crippen LogP contribution >= 0.6 is 23.8 Å². The molecule has 1 saturated heterocycles. The second-order valence-electron chi connectivity index (χ2n) is 7.09. The summed E-state index contributed by atoms with van der Waals surface area (Å²) < 4.78 is 0. The Morgan fingerprint density at radius 2 is 1.96 bits per heavy atom. The molecule has 4 rings (SSSR count). The summed E-state index contributed by atoms with van der Waals surface area (Å²) in [4.78, 5) is 4.75. The third-order valence-corrected chi connectivity index (χ3v) is 5.82. The predicted molar refractivity (Wildman–Crippen MR) is 110 cm³/mol. The van der Waals surface area contributed by atoms with Gasteiger partial charge in [-0.25, -0.2) is 0 Å². The van der Waals surface area contributed by atoms with E-state index in [9.17, 15) is 0 Å². The third kappa shape index (κ3) is 3.14. The van der Waals surface area contributed by atoms with Gasteiger partial charge >= 0.3 is 0 Å². The number of aryl methyl sites for hydroxylation is 1. The van der Waals surface area contributed by atoms with Crippen molar-refractivity contribution in [2.45, 2.75) is 25.3 Å². The van der Waals surface area contributed by atoms with Gasteiger partial charge in [0.15, 0.2) is 5.11 Å². The summed E-state index contributed by atoms with van der Waals surface area (Å²) in [5, 5.41) is 4.89. The standard InChI is InChI=1S/C20H22ClN3S/c1-13-3-8-18-16(11-13)17-12-23(2)10-9-19(17)24(18)20(25)22-15-6-4-14(21)5-7-15/h3-8,11,17,19H,9-10,12H2,1-2H3,(H,22,25). The molecule has 0 radical (unpaired) electrons. The van der Waals surface area contributed by atoms with Gasteiger partial charge in [0.05, 0.1) is 0 Å². The molecular weight excluding hydrogens is 350 g/mol. The first-order valence-electron chi connectivity index (χ1n) is 8.68. The Labute approximate surface area is 159 Å². The summed E-state index contributed by atoms with van der Waals surface area (Å²) in [6.07, 6.45) is 1.12. The summed E-state index contributed by atoms with van der Waals surface area (Å²) in [7, 11) is 2.21. The number of halogens is 1. The van der Waals surface area contributed by atoms with Crippen LogP contribution in [-0.2, 0) is 0 Å². The van der Waals surface area contributed by atoms with E-state index >= 15 is 0 Å². The van der Waals surface area contributed by atoms with Gasteiger partial charge in [0.1, 0.15) is 0 Å². The molecule has 130 valence electrons. The lowest BCUT2D eigenvalue weighted by Gasteiger charge is -2.37. The quantitative estimate of drug-likeness (QED) is 0.735. The normalized spacial score (nSPS) is 22.4. The van der Waals surface area contributed by atoms with Crippen LogP contribution in [0.5, 0.6) is 0 Å². The van der Waals surface area contributed by atoms with Crippen molar-refractivity contribution in [3.05, 3.63) is 58.6 Å². The molecule has 0 amide bonds. The number of nitrogens with zero attached hydrogens (tertiary/aromatic N) is 2. The number of hydrogen-bond donors (Lipinski definition) is 1. The van der Waals surface area contributed by atoms with Gasteiger partial charge in [0.25, 0.3) is 0 Å². The van der Waals surface area contributed by atoms with Crippen LogP contribution in [0.25, 0.3) is 0 Å². The second kappa shape index (κ2) is 6.60. The van der Waals surface area contributed by atoms with Crippen molar-refractivity contribution < 1.29 is 0 Å². The van der Waals surface area contributed by atoms with E-state index in [2.05, 4.69) is 47.3 Å². The van der Waals surface area contributed by atoms with Crippen LogP contribution in [0.2, 0.25) is 5.02 Å². The molecule has 2 heterocycles. The zero-order valence-corrected chi connectivity index (χ0v) is 16.1. The van der Waals surface area contributed by atoms with Crippen LogP contribution in [0.3, 0.4) is 0 Å². The molecule has 0 aliphatic carbocycles. The number of likely N-dealkylation sites (N-methyl/N-ethyl adjacent to an activating group) is 1. The molecular formula is C20H22ClN3S. The first kappa shape index (κ1) is 16.8. The molecule has 2 atom stereocenters. The van der Waals surface area contributed by atoms with E-state index in [-0.39, 0.29) is 0 Å². The fraction of sp³-hybridized carbons (Fsp3) is 0.350. The highest BCUT2D eigenvalue weighted by molar-refractivity contribution is 7.80. The van der Waals surface area contributed by atoms with Crippen LogP contribution in [0.4, 0.5) is 11.4 Å². The molecule has 5 heteroatoms. The van der Waals surface area contributed by atoms with Crippen LogP contribution in [0, 0.1) is 6.92 Å². The Bertz CT molecular complexity index is 805. The van der Waals surface area contributed by atoms with E-state index < -0.39 is 0 Å². The molecule has 0 saturated carbocycles. The van der Waals surface area contributed by atoms with Crippen LogP contribution in [-0.4, -0.2) is 36.2 Å². The number of thiocarbonyl (C=S) groups is 1. The fourth-order valence-electron chi connectivity index (χ4n) is 4.06. The van der Waals surface area contributed by atoms with Crippen LogP contribution in [0.15, 0.2) is 42.5 Å². The number of likely N-dealkylation sites (tertiary alicyclic amines) is 1. The van der Waals surface area contributed by atoms with E-state index in [1.807, 2.05) is 24.3 Å². The monoisotopic (exact) mass is 371 g/mol. The van der Waals surface area contributed by atoms with Crippen molar-refractivity contribution in [3.63, 3.8) is 0 Å². The molecule has 2 aromatic carbocycles. The van der Waals surface area contributed by atoms with Crippen molar-refractivity contribution in [2.24, 2.45) is 0 Å². The van der Waals surface area contributed by atoms with Gasteiger partial charge in [-0.2, -0.15) is 0 Å². The van der Waals surface area contributed by atoms with Crippen molar-refractivity contribution >= 4 is 40.3 Å². The van der Waals surface area contributed by atoms with Gasteiger partial charge in [0.2, 0.25) is 0 Å². The zero-order chi connectivity index (χ0) is 17.6. The number of benzene rings is 2. The van der Waals surface area contributed by atoms with Gasteiger partial charge < -0.3 is 15.1 Å². The maximum Gasteiger partial charge on any atom is 0.178 e. The summed E-state index contributed by atoms with van der Waals surface area (Å²) in [5.41, 5.74) is 4.96. The van der Waals surface area contributed by atoms with Gasteiger partial charge in [-0.1, -0.05) is 29.3 Å². The average molecular weight is 372 g/mol. The predicted octanol–water partition coefficient (Wildman–Crippen LogP) is 4.65. The zero-order valence-electron chi connectivity index (χ0n) is 14.5. The molecule has 0 bridgehead atoms. The van der Waals surface area contributed by atoms with Crippen LogP contribution in [0.1, 0.15) is 23.5 Å². The molecule has 1 fully saturated rings. The lowest BCUT2D eigenvalue weighted by molar-refractivity contribution is 0.237. The molecule has 0 spiro atoms. The molecule has 25 heavy (non-hydrogen) atoms. The smallest absolute Gasteiger partial charge is 0.178 e. The summed E-state index contributed by atoms with van der Waals surface area (Å²) in [5.74, 6) is 0.513. The Morgan fingerprint density at radius 3 is 2.72 bits per heavy atom. The number of fused-ring (bicyclic) bond motifs is 3. The lowest BCUT2D eigenvalue weighted by atomic mass is 9.89. The van der Waals surface area contributed by atoms with E-state index in [4.69, 9.17) is 23.8 Å². The summed E-state index contributed by atoms with van der Waals surface area (Å²) in [6.45, 7) is 4.35. The molecule has 1 N–H and O–H groups in total. The molecule has 2 unspecified atom stereocenters. The van der Waals surface area contributed by atoms with Gasteiger partial charge in [-0.05, 0) is 75.1 Å². The topological polar surface area (TPSA) is 18.5 Å². The maximum atomic E-state index is 5.99. The minimum absolute atomic E-state index is 0.431. The lowest BCUT2D eigenvalue weighted by Crippen LogP contribution is -2.48. The third-order valence-electron chi connectivity index (χ3n) is 5.27. The SMILES string of the molecule is Cc1ccc2c(c1)C1CN(C)CCC1N2C(=S)Nc1ccc(Cl)cc1. The highest BCUT2D eigenvalue weighted by Gasteiger charge is 2.42. The molecule has 2 aliphatic rings. The first-order chi connectivity index (χ1) is 12.0. The Kier molecular flexibility index (Phi) is 4.44. The van der Waals surface area contributed by atoms with Gasteiger partial charge in [0, 0.05) is 34.9 Å². The minimum atomic E-state index is 0.431. The first-order valence-corrected chi connectivity index (χ1v) is 9.46. The van der Waals surface area contributed by atoms with Crippen molar-refractivity contribution in [2.75, 3.05) is 30.4 Å². The number of nitrogens with one attached hydrogen (secondary N) is 1. The van der Waals surface area contributed by atoms with Crippen molar-refractivity contribution in [1.29, 1.82) is 0 Å². The second-order valence-corrected chi connectivity index (χ2v) is 7.92. The number of piperidine rings is 1. The van der Waals surface area contributed by atoms with Crippen molar-refractivity contribution in [1.82, 2.24) is 4.90 Å². The molecule has 3 nitrogen and oxygen atoms in total. The minimum Gasteiger partial charge on any atom is -0.332 e. The highest BCUT2D eigenvalue weighted by Crippen LogP contribution is 2.45. The van der Waals surface area contributed by atoms with E-state index in [0.29, 0.717) is 12.0 Å². The van der Waals surface area contributed by atoms with Gasteiger partial charge in [-0.15, -0.1) is 0 Å². The highest BCUT2D eigenvalue weighted by atomic mass is 35.5. The Morgan fingerprint density at radius 1 is 1.20 bits per heavy atom. The largest absolute Gasteiger partial charge is 0.332 e. The summed E-state index contributed by atoms with van der Waals surface area (Å²) in [6, 6.07) is 14.9. The van der Waals surface area contributed by atoms with E-state index in [1.165, 1.54) is 16.8 Å². The Balaban J connectivity index is 1.66. The van der Waals surface area contributed by atoms with Gasteiger partial charge in [-0.3, -0.25) is 0 Å². The average Bonchev–Trinajstić information content (AvgIpc) is 2.90. The van der Waals surface area contributed by atoms with Crippen molar-refractivity contribution in [3.8, 4) is 0 Å². The molecule has 0 aromatic heterocycles. The van der Waals surface area contributed by atoms with Crippen LogP contribution < -0.4 is 10.2 Å². The Hall–Kier alpha value is -1.62. The molecule has 2 aromatic rings. The molecule has 2 aliphatic heterocycles. The maximum absolute atomic E-state index is 5.99. The fourth-order valence-corrected chi connectivity index (χ4v) is 4.54. The van der Waals surface area contributed by atoms with E-state index in [1.54, 1.807) is 0 Å².